The predicted octanol–water partition coefficient (Wildman–Crippen LogP) is 3.76. The monoisotopic (exact) mass is 369 g/mol. The molecule has 0 fully saturated rings. The molecule has 1 aromatic heterocycles. The third-order valence-electron chi connectivity index (χ3n) is 3.38. The van der Waals surface area contributed by atoms with Crippen LogP contribution in [0.2, 0.25) is 0 Å². The van der Waals surface area contributed by atoms with Crippen molar-refractivity contribution in [3.8, 4) is 5.69 Å². The van der Waals surface area contributed by atoms with Crippen LogP contribution in [0.4, 0.5) is 0 Å². The standard InChI is InChI=1S/C15H20IN3/c1-4-15(2,3)17-9-12-6-5-7-14(8-12)19-11-13(16)10-18-19/h5-8,10-11,17H,4,9H2,1-3H3. The van der Waals surface area contributed by atoms with E-state index in [0.717, 1.165) is 22.2 Å². The topological polar surface area (TPSA) is 29.9 Å². The van der Waals surface area contributed by atoms with Crippen LogP contribution in [0.5, 0.6) is 0 Å². The van der Waals surface area contributed by atoms with E-state index in [2.05, 4.69) is 78.0 Å². The third kappa shape index (κ3) is 4.04. The number of halogens is 1. The van der Waals surface area contributed by atoms with Crippen molar-refractivity contribution in [3.63, 3.8) is 0 Å². The van der Waals surface area contributed by atoms with E-state index in [1.54, 1.807) is 0 Å². The average molecular weight is 369 g/mol. The Morgan fingerprint density at radius 3 is 2.79 bits per heavy atom. The van der Waals surface area contributed by atoms with Crippen molar-refractivity contribution < 1.29 is 0 Å². The molecule has 4 heteroatoms. The van der Waals surface area contributed by atoms with Crippen LogP contribution in [-0.4, -0.2) is 15.3 Å². The van der Waals surface area contributed by atoms with Crippen LogP contribution in [0.25, 0.3) is 5.69 Å². The van der Waals surface area contributed by atoms with Gasteiger partial charge >= 0.3 is 0 Å². The maximum atomic E-state index is 4.34. The van der Waals surface area contributed by atoms with Crippen LogP contribution in [0.1, 0.15) is 32.8 Å². The molecule has 0 aliphatic rings. The average Bonchev–Trinajstić information content (AvgIpc) is 2.84. The van der Waals surface area contributed by atoms with Crippen molar-refractivity contribution in [3.05, 3.63) is 45.8 Å². The van der Waals surface area contributed by atoms with Crippen LogP contribution in [0, 0.1) is 3.57 Å². The molecular weight excluding hydrogens is 349 g/mol. The Labute approximate surface area is 128 Å². The Hall–Kier alpha value is -0.880. The highest BCUT2D eigenvalue weighted by molar-refractivity contribution is 14.1. The Kier molecular flexibility index (Phi) is 4.62. The molecule has 102 valence electrons. The quantitative estimate of drug-likeness (QED) is 0.814. The molecule has 0 unspecified atom stereocenters. The zero-order valence-corrected chi connectivity index (χ0v) is 13.8. The fraction of sp³-hybridized carbons (Fsp3) is 0.400. The van der Waals surface area contributed by atoms with Gasteiger partial charge in [-0.05, 0) is 60.6 Å². The second kappa shape index (κ2) is 6.05. The number of benzene rings is 1. The first-order valence-electron chi connectivity index (χ1n) is 6.55. The lowest BCUT2D eigenvalue weighted by Gasteiger charge is -2.24. The van der Waals surface area contributed by atoms with Gasteiger partial charge < -0.3 is 5.32 Å². The molecule has 19 heavy (non-hydrogen) atoms. The van der Waals surface area contributed by atoms with Gasteiger partial charge in [0.05, 0.1) is 15.5 Å². The summed E-state index contributed by atoms with van der Waals surface area (Å²) >= 11 is 2.27. The fourth-order valence-electron chi connectivity index (χ4n) is 1.72. The van der Waals surface area contributed by atoms with E-state index in [1.807, 2.05) is 17.1 Å². The molecule has 3 nitrogen and oxygen atoms in total. The zero-order valence-electron chi connectivity index (χ0n) is 11.7. The maximum Gasteiger partial charge on any atom is 0.0649 e. The first kappa shape index (κ1) is 14.5. The third-order valence-corrected chi connectivity index (χ3v) is 3.94. The summed E-state index contributed by atoms with van der Waals surface area (Å²) in [5.41, 5.74) is 2.57. The minimum atomic E-state index is 0.178. The van der Waals surface area contributed by atoms with Crippen LogP contribution < -0.4 is 5.32 Å². The number of hydrogen-bond donors (Lipinski definition) is 1. The van der Waals surface area contributed by atoms with Gasteiger partial charge in [-0.1, -0.05) is 19.1 Å². The lowest BCUT2D eigenvalue weighted by Crippen LogP contribution is -2.37. The molecule has 2 aromatic rings. The van der Waals surface area contributed by atoms with E-state index in [9.17, 15) is 0 Å². The van der Waals surface area contributed by atoms with Gasteiger partial charge in [0.1, 0.15) is 0 Å². The van der Waals surface area contributed by atoms with Crippen molar-refractivity contribution in [2.45, 2.75) is 39.3 Å². The second-order valence-electron chi connectivity index (χ2n) is 5.36. The second-order valence-corrected chi connectivity index (χ2v) is 6.61. The number of hydrogen-bond acceptors (Lipinski definition) is 2. The van der Waals surface area contributed by atoms with E-state index in [4.69, 9.17) is 0 Å². The molecule has 1 heterocycles. The van der Waals surface area contributed by atoms with Crippen LogP contribution in [0.3, 0.4) is 0 Å². The predicted molar refractivity (Wildman–Crippen MR) is 87.5 cm³/mol. The van der Waals surface area contributed by atoms with Crippen molar-refractivity contribution in [1.82, 2.24) is 15.1 Å². The van der Waals surface area contributed by atoms with Crippen molar-refractivity contribution in [2.75, 3.05) is 0 Å². The molecule has 2 rings (SSSR count). The number of rotatable bonds is 5. The highest BCUT2D eigenvalue weighted by atomic mass is 127. The molecular formula is C15H20IN3. The van der Waals surface area contributed by atoms with Crippen molar-refractivity contribution in [1.29, 1.82) is 0 Å². The van der Waals surface area contributed by atoms with E-state index in [1.165, 1.54) is 5.56 Å². The number of aromatic nitrogens is 2. The molecule has 1 N–H and O–H groups in total. The lowest BCUT2D eigenvalue weighted by atomic mass is 10.0. The molecule has 1 aromatic carbocycles. The van der Waals surface area contributed by atoms with Gasteiger partial charge in [0.2, 0.25) is 0 Å². The largest absolute Gasteiger partial charge is 0.308 e. The maximum absolute atomic E-state index is 4.34. The van der Waals surface area contributed by atoms with E-state index >= 15 is 0 Å². The Morgan fingerprint density at radius 1 is 1.37 bits per heavy atom. The lowest BCUT2D eigenvalue weighted by molar-refractivity contribution is 0.374. The first-order valence-corrected chi connectivity index (χ1v) is 7.62. The summed E-state index contributed by atoms with van der Waals surface area (Å²) in [5, 5.41) is 7.92. The summed E-state index contributed by atoms with van der Waals surface area (Å²) in [6.07, 6.45) is 5.01. The Balaban J connectivity index is 2.12. The molecule has 0 radical (unpaired) electrons. The van der Waals surface area contributed by atoms with Gasteiger partial charge in [-0.3, -0.25) is 0 Å². The highest BCUT2D eigenvalue weighted by Crippen LogP contribution is 2.14. The zero-order chi connectivity index (χ0) is 13.9. The molecule has 0 saturated carbocycles. The first-order chi connectivity index (χ1) is 9.00. The highest BCUT2D eigenvalue weighted by Gasteiger charge is 2.13. The summed E-state index contributed by atoms with van der Waals surface area (Å²) in [6.45, 7) is 7.54. The van der Waals surface area contributed by atoms with Gasteiger partial charge in [0.15, 0.2) is 0 Å². The van der Waals surface area contributed by atoms with Gasteiger partial charge in [-0.2, -0.15) is 5.10 Å². The summed E-state index contributed by atoms with van der Waals surface area (Å²) in [7, 11) is 0. The van der Waals surface area contributed by atoms with Gasteiger partial charge in [0, 0.05) is 18.3 Å². The van der Waals surface area contributed by atoms with Gasteiger partial charge in [0.25, 0.3) is 0 Å². The number of nitrogens with zero attached hydrogens (tertiary/aromatic N) is 2. The molecule has 0 bridgehead atoms. The molecule has 0 spiro atoms. The van der Waals surface area contributed by atoms with E-state index in [-0.39, 0.29) is 5.54 Å². The normalized spacial score (nSPS) is 11.8. The van der Waals surface area contributed by atoms with Crippen molar-refractivity contribution in [2.24, 2.45) is 0 Å². The van der Waals surface area contributed by atoms with Crippen LogP contribution in [0.15, 0.2) is 36.7 Å². The Bertz CT molecular complexity index is 546. The van der Waals surface area contributed by atoms with Gasteiger partial charge in [-0.15, -0.1) is 0 Å². The smallest absolute Gasteiger partial charge is 0.0649 e. The van der Waals surface area contributed by atoms with Crippen molar-refractivity contribution >= 4 is 22.6 Å². The molecule has 0 atom stereocenters. The Morgan fingerprint density at radius 2 is 2.16 bits per heavy atom. The SMILES string of the molecule is CCC(C)(C)NCc1cccc(-n2cc(I)cn2)c1. The fourth-order valence-corrected chi connectivity index (χ4v) is 2.11. The summed E-state index contributed by atoms with van der Waals surface area (Å²) in [4.78, 5) is 0. The summed E-state index contributed by atoms with van der Waals surface area (Å²) in [5.74, 6) is 0. The summed E-state index contributed by atoms with van der Waals surface area (Å²) < 4.78 is 3.06. The summed E-state index contributed by atoms with van der Waals surface area (Å²) in [6, 6.07) is 8.50. The minimum Gasteiger partial charge on any atom is -0.308 e. The van der Waals surface area contributed by atoms with Crippen LogP contribution >= 0.6 is 22.6 Å². The van der Waals surface area contributed by atoms with E-state index < -0.39 is 0 Å². The van der Waals surface area contributed by atoms with Crippen LogP contribution in [-0.2, 0) is 6.54 Å². The molecule has 0 saturated heterocycles. The minimum absolute atomic E-state index is 0.178. The number of nitrogens with one attached hydrogen (secondary N) is 1. The molecule has 0 aliphatic carbocycles. The van der Waals surface area contributed by atoms with E-state index in [0.29, 0.717) is 0 Å². The van der Waals surface area contributed by atoms with Gasteiger partial charge in [-0.25, -0.2) is 4.68 Å². The molecule has 0 amide bonds. The molecule has 0 aliphatic heterocycles.